The summed E-state index contributed by atoms with van der Waals surface area (Å²) in [6.45, 7) is 7.24. The van der Waals surface area contributed by atoms with Crippen LogP contribution in [0.4, 0.5) is 0 Å². The van der Waals surface area contributed by atoms with Gasteiger partial charge in [-0.05, 0) is 18.1 Å². The van der Waals surface area contributed by atoms with Crippen molar-refractivity contribution in [3.63, 3.8) is 0 Å². The zero-order chi connectivity index (χ0) is 7.40. The highest BCUT2D eigenvalue weighted by Gasteiger charge is 2.06. The normalized spacial score (nSPS) is 18.9. The lowest BCUT2D eigenvalue weighted by Crippen LogP contribution is -1.82. The summed E-state index contributed by atoms with van der Waals surface area (Å²) in [5.74, 6) is 0. The van der Waals surface area contributed by atoms with E-state index < -0.39 is 0 Å². The van der Waals surface area contributed by atoms with Crippen molar-refractivity contribution >= 4 is 0 Å². The van der Waals surface area contributed by atoms with E-state index in [4.69, 9.17) is 4.74 Å². The fourth-order valence-electron chi connectivity index (χ4n) is 0.905. The maximum Gasteiger partial charge on any atom is 0.0721 e. The lowest BCUT2D eigenvalue weighted by molar-refractivity contribution is 0.206. The van der Waals surface area contributed by atoms with E-state index in [0.717, 1.165) is 13.2 Å². The first-order chi connectivity index (χ1) is 4.84. The molecule has 1 aliphatic heterocycles. The first-order valence-corrected chi connectivity index (χ1v) is 3.40. The Kier molecular flexibility index (Phi) is 2.46. The predicted octanol–water partition coefficient (Wildman–Crippen LogP) is 2.08. The molecule has 1 heterocycles. The van der Waals surface area contributed by atoms with E-state index in [1.807, 2.05) is 6.08 Å². The van der Waals surface area contributed by atoms with Gasteiger partial charge in [-0.15, -0.1) is 0 Å². The Hall–Kier alpha value is -0.820. The third kappa shape index (κ3) is 1.58. The van der Waals surface area contributed by atoms with Gasteiger partial charge in [0.2, 0.25) is 0 Å². The maximum atomic E-state index is 5.21. The van der Waals surface area contributed by atoms with Crippen LogP contribution in [0.1, 0.15) is 6.92 Å². The first-order valence-electron chi connectivity index (χ1n) is 3.40. The fourth-order valence-corrected chi connectivity index (χ4v) is 0.905. The van der Waals surface area contributed by atoms with Gasteiger partial charge in [0, 0.05) is 0 Å². The number of rotatable bonds is 2. The van der Waals surface area contributed by atoms with Crippen molar-refractivity contribution in [2.45, 2.75) is 6.92 Å². The molecular formula is C9H12O. The van der Waals surface area contributed by atoms with Gasteiger partial charge in [-0.1, -0.05) is 24.8 Å². The van der Waals surface area contributed by atoms with Gasteiger partial charge >= 0.3 is 0 Å². The van der Waals surface area contributed by atoms with Crippen LogP contribution in [-0.4, -0.2) is 13.2 Å². The van der Waals surface area contributed by atoms with Gasteiger partial charge in [-0.3, -0.25) is 0 Å². The molecule has 0 fully saturated rings. The van der Waals surface area contributed by atoms with E-state index >= 15 is 0 Å². The average Bonchev–Trinajstić information content (AvgIpc) is 2.31. The summed E-state index contributed by atoms with van der Waals surface area (Å²) in [6.07, 6.45) is 5.77. The molecule has 0 aliphatic carbocycles. The van der Waals surface area contributed by atoms with E-state index in [1.54, 1.807) is 6.08 Å². The molecule has 0 bridgehead atoms. The molecule has 0 atom stereocenters. The standard InChI is InChI=1S/C9H12O/c1-3-4-5-9-7-10-6-8(9)2/h3-5H,1,6-7H2,2H3/b5-4-. The second kappa shape index (κ2) is 3.37. The lowest BCUT2D eigenvalue weighted by atomic mass is 10.2. The molecule has 0 aromatic rings. The SMILES string of the molecule is C=C/C=C\C1=C(C)COC1. The molecule has 0 N–H and O–H groups in total. The van der Waals surface area contributed by atoms with Gasteiger partial charge < -0.3 is 4.74 Å². The highest BCUT2D eigenvalue weighted by atomic mass is 16.5. The Labute approximate surface area is 61.7 Å². The quantitative estimate of drug-likeness (QED) is 0.528. The summed E-state index contributed by atoms with van der Waals surface area (Å²) >= 11 is 0. The molecule has 0 spiro atoms. The smallest absolute Gasteiger partial charge is 0.0721 e. The minimum absolute atomic E-state index is 0.760. The van der Waals surface area contributed by atoms with Crippen molar-refractivity contribution in [3.05, 3.63) is 36.0 Å². The van der Waals surface area contributed by atoms with Crippen LogP contribution in [0.25, 0.3) is 0 Å². The van der Waals surface area contributed by atoms with Crippen LogP contribution in [0.3, 0.4) is 0 Å². The molecule has 0 unspecified atom stereocenters. The highest BCUT2D eigenvalue weighted by molar-refractivity contribution is 5.29. The molecule has 1 aliphatic rings. The molecule has 0 saturated carbocycles. The molecule has 1 rings (SSSR count). The van der Waals surface area contributed by atoms with Crippen LogP contribution in [0.2, 0.25) is 0 Å². The topological polar surface area (TPSA) is 9.23 Å². The molecular weight excluding hydrogens is 124 g/mol. The van der Waals surface area contributed by atoms with Crippen LogP contribution in [-0.2, 0) is 4.74 Å². The minimum Gasteiger partial charge on any atom is -0.372 e. The molecule has 0 saturated heterocycles. The molecule has 0 radical (unpaired) electrons. The fraction of sp³-hybridized carbons (Fsp3) is 0.333. The van der Waals surface area contributed by atoms with Crippen molar-refractivity contribution in [1.29, 1.82) is 0 Å². The van der Waals surface area contributed by atoms with Crippen LogP contribution >= 0.6 is 0 Å². The summed E-state index contributed by atoms with van der Waals surface area (Å²) in [5.41, 5.74) is 2.62. The van der Waals surface area contributed by atoms with Gasteiger partial charge in [0.1, 0.15) is 0 Å². The molecule has 1 nitrogen and oxygen atoms in total. The van der Waals surface area contributed by atoms with E-state index in [9.17, 15) is 0 Å². The van der Waals surface area contributed by atoms with Crippen LogP contribution < -0.4 is 0 Å². The van der Waals surface area contributed by atoms with Crippen LogP contribution in [0.15, 0.2) is 36.0 Å². The summed E-state index contributed by atoms with van der Waals surface area (Å²) in [7, 11) is 0. The zero-order valence-corrected chi connectivity index (χ0v) is 6.26. The van der Waals surface area contributed by atoms with Gasteiger partial charge in [0.05, 0.1) is 13.2 Å². The maximum absolute atomic E-state index is 5.21. The van der Waals surface area contributed by atoms with Crippen molar-refractivity contribution in [2.24, 2.45) is 0 Å². The van der Waals surface area contributed by atoms with Crippen molar-refractivity contribution in [1.82, 2.24) is 0 Å². The van der Waals surface area contributed by atoms with Crippen molar-refractivity contribution in [2.75, 3.05) is 13.2 Å². The van der Waals surface area contributed by atoms with Crippen molar-refractivity contribution in [3.8, 4) is 0 Å². The minimum atomic E-state index is 0.760. The van der Waals surface area contributed by atoms with E-state index in [-0.39, 0.29) is 0 Å². The van der Waals surface area contributed by atoms with E-state index in [2.05, 4.69) is 19.6 Å². The van der Waals surface area contributed by atoms with Gasteiger partial charge in [-0.2, -0.15) is 0 Å². The monoisotopic (exact) mass is 136 g/mol. The van der Waals surface area contributed by atoms with Gasteiger partial charge in [0.15, 0.2) is 0 Å². The third-order valence-corrected chi connectivity index (χ3v) is 1.56. The Morgan fingerprint density at radius 2 is 2.30 bits per heavy atom. The first kappa shape index (κ1) is 7.29. The molecule has 0 amide bonds. The number of ether oxygens (including phenoxy) is 1. The lowest BCUT2D eigenvalue weighted by Gasteiger charge is -1.89. The van der Waals surface area contributed by atoms with Crippen LogP contribution in [0.5, 0.6) is 0 Å². The third-order valence-electron chi connectivity index (χ3n) is 1.56. The summed E-state index contributed by atoms with van der Waals surface area (Å²) in [4.78, 5) is 0. The second-order valence-electron chi connectivity index (χ2n) is 2.39. The number of hydrogen-bond donors (Lipinski definition) is 0. The Bertz CT molecular complexity index is 187. The van der Waals surface area contributed by atoms with E-state index in [1.165, 1.54) is 11.1 Å². The Morgan fingerprint density at radius 3 is 2.80 bits per heavy atom. The van der Waals surface area contributed by atoms with Gasteiger partial charge in [-0.25, -0.2) is 0 Å². The molecule has 0 aromatic heterocycles. The predicted molar refractivity (Wildman–Crippen MR) is 42.9 cm³/mol. The largest absolute Gasteiger partial charge is 0.372 e. The number of allylic oxidation sites excluding steroid dienone is 2. The Balaban J connectivity index is 2.62. The number of hydrogen-bond acceptors (Lipinski definition) is 1. The zero-order valence-electron chi connectivity index (χ0n) is 6.26. The van der Waals surface area contributed by atoms with Crippen LogP contribution in [0, 0.1) is 0 Å². The van der Waals surface area contributed by atoms with E-state index in [0.29, 0.717) is 0 Å². The van der Waals surface area contributed by atoms with Crippen molar-refractivity contribution < 1.29 is 4.74 Å². The average molecular weight is 136 g/mol. The molecule has 0 aromatic carbocycles. The highest BCUT2D eigenvalue weighted by Crippen LogP contribution is 2.13. The molecule has 1 heteroatoms. The summed E-state index contributed by atoms with van der Waals surface area (Å²) < 4.78 is 5.21. The summed E-state index contributed by atoms with van der Waals surface area (Å²) in [6, 6.07) is 0. The second-order valence-corrected chi connectivity index (χ2v) is 2.39. The molecule has 54 valence electrons. The van der Waals surface area contributed by atoms with Gasteiger partial charge in [0.25, 0.3) is 0 Å². The summed E-state index contributed by atoms with van der Waals surface area (Å²) in [5, 5.41) is 0. The molecule has 10 heavy (non-hydrogen) atoms. The Morgan fingerprint density at radius 1 is 1.50 bits per heavy atom.